The van der Waals surface area contributed by atoms with Gasteiger partial charge in [-0.1, -0.05) is 52.9 Å². The third kappa shape index (κ3) is 4.22. The first-order chi connectivity index (χ1) is 7.99. The van der Waals surface area contributed by atoms with Crippen molar-refractivity contribution in [1.82, 2.24) is 0 Å². The standard InChI is InChI=1S/C13H19.3ClH.Ti/c1-4-11-9(2)12-7-5-6-8-13(12)10(11)3;;;;/h4-8H2,1-3H3;3*1H;/q-1;;;;+4/p-3. The van der Waals surface area contributed by atoms with Crippen molar-refractivity contribution in [1.29, 1.82) is 0 Å². The molecule has 4 heteroatoms. The van der Waals surface area contributed by atoms with Crippen molar-refractivity contribution in [3.63, 3.8) is 0 Å². The van der Waals surface area contributed by atoms with Crippen LogP contribution in [0.2, 0.25) is 0 Å². The molecule has 0 aliphatic heterocycles. The second kappa shape index (κ2) is 7.51. The van der Waals surface area contributed by atoms with Crippen LogP contribution in [0.25, 0.3) is 0 Å². The summed E-state index contributed by atoms with van der Waals surface area (Å²) in [4.78, 5) is 0. The van der Waals surface area contributed by atoms with Crippen LogP contribution >= 0.6 is 27.9 Å². The molecule has 0 bridgehead atoms. The van der Waals surface area contributed by atoms with Crippen molar-refractivity contribution < 1.29 is 14.7 Å². The topological polar surface area (TPSA) is 0 Å². The molecule has 0 aromatic heterocycles. The van der Waals surface area contributed by atoms with Crippen molar-refractivity contribution in [2.24, 2.45) is 0 Å². The molecule has 0 saturated heterocycles. The Morgan fingerprint density at radius 3 is 2.18 bits per heavy atom. The SMILES string of the molecule is CCc1c(C)c2c([c-]1C)CCCC2.[Cl][Ti+]([Cl])[Cl]. The molecule has 0 heterocycles. The summed E-state index contributed by atoms with van der Waals surface area (Å²) in [6.45, 7) is 6.91. The summed E-state index contributed by atoms with van der Waals surface area (Å²) in [5.41, 5.74) is 8.23. The molecule has 0 atom stereocenters. The van der Waals surface area contributed by atoms with Crippen molar-refractivity contribution >= 4 is 27.9 Å². The molecule has 0 radical (unpaired) electrons. The van der Waals surface area contributed by atoms with Gasteiger partial charge in [-0.15, -0.1) is 0 Å². The molecule has 1 aliphatic rings. The molecule has 0 amide bonds. The molecule has 17 heavy (non-hydrogen) atoms. The van der Waals surface area contributed by atoms with E-state index in [4.69, 9.17) is 27.9 Å². The van der Waals surface area contributed by atoms with E-state index in [1.165, 1.54) is 32.1 Å². The van der Waals surface area contributed by atoms with E-state index in [1.807, 2.05) is 0 Å². The first-order valence-electron chi connectivity index (χ1n) is 6.08. The van der Waals surface area contributed by atoms with Gasteiger partial charge in [0, 0.05) is 0 Å². The van der Waals surface area contributed by atoms with Crippen LogP contribution in [0.15, 0.2) is 0 Å². The van der Waals surface area contributed by atoms with Gasteiger partial charge >= 0.3 is 42.6 Å². The molecule has 0 unspecified atom stereocenters. The Balaban J connectivity index is 0.000000317. The number of hydrogen-bond acceptors (Lipinski definition) is 0. The Morgan fingerprint density at radius 2 is 1.71 bits per heavy atom. The molecule has 0 N–H and O–H groups in total. The summed E-state index contributed by atoms with van der Waals surface area (Å²) in [5, 5.41) is 0. The predicted molar refractivity (Wildman–Crippen MR) is 75.1 cm³/mol. The minimum atomic E-state index is -1.92. The molecule has 1 aromatic rings. The van der Waals surface area contributed by atoms with Crippen LogP contribution in [0.5, 0.6) is 0 Å². The van der Waals surface area contributed by atoms with E-state index in [0.29, 0.717) is 0 Å². The van der Waals surface area contributed by atoms with E-state index in [-0.39, 0.29) is 0 Å². The van der Waals surface area contributed by atoms with Gasteiger partial charge in [0.15, 0.2) is 0 Å². The maximum atomic E-state index is 4.97. The van der Waals surface area contributed by atoms with Crippen LogP contribution < -0.4 is 0 Å². The van der Waals surface area contributed by atoms with Crippen LogP contribution in [-0.4, -0.2) is 0 Å². The van der Waals surface area contributed by atoms with Crippen LogP contribution in [-0.2, 0) is 34.0 Å². The minimum absolute atomic E-state index is 1.21. The molecular weight excluding hydrogens is 310 g/mol. The fourth-order valence-electron chi connectivity index (χ4n) is 2.91. The molecule has 1 aliphatic carbocycles. The van der Waals surface area contributed by atoms with Crippen LogP contribution in [0.1, 0.15) is 47.6 Å². The maximum absolute atomic E-state index is 4.97. The summed E-state index contributed by atoms with van der Waals surface area (Å²) in [7, 11) is 14.9. The van der Waals surface area contributed by atoms with E-state index >= 15 is 0 Å². The monoisotopic (exact) mass is 328 g/mol. The Hall–Kier alpha value is 0.934. The van der Waals surface area contributed by atoms with Crippen LogP contribution in [0.3, 0.4) is 0 Å². The number of hydrogen-bond donors (Lipinski definition) is 0. The average molecular weight is 330 g/mol. The van der Waals surface area contributed by atoms with Gasteiger partial charge in [-0.25, -0.2) is 0 Å². The van der Waals surface area contributed by atoms with E-state index in [0.717, 1.165) is 0 Å². The van der Waals surface area contributed by atoms with Gasteiger partial charge in [0.25, 0.3) is 0 Å². The molecule has 0 fully saturated rings. The Bertz CT molecular complexity index is 337. The fourth-order valence-corrected chi connectivity index (χ4v) is 2.91. The zero-order valence-corrected chi connectivity index (χ0v) is 14.5. The van der Waals surface area contributed by atoms with Crippen LogP contribution in [0.4, 0.5) is 0 Å². The Kier molecular flexibility index (Phi) is 7.06. The summed E-state index contributed by atoms with van der Waals surface area (Å²) in [6, 6.07) is 0. The van der Waals surface area contributed by atoms with Gasteiger partial charge < -0.3 is 0 Å². The van der Waals surface area contributed by atoms with Crippen LogP contribution in [0, 0.1) is 13.8 Å². The quantitative estimate of drug-likeness (QED) is 0.469. The molecule has 1 aromatic carbocycles. The normalized spacial score (nSPS) is 13.8. The van der Waals surface area contributed by atoms with E-state index in [2.05, 4.69) is 20.8 Å². The van der Waals surface area contributed by atoms with E-state index in [1.54, 1.807) is 27.8 Å². The number of rotatable bonds is 1. The van der Waals surface area contributed by atoms with Gasteiger partial charge in [0.05, 0.1) is 0 Å². The number of fused-ring (bicyclic) bond motifs is 1. The first-order valence-corrected chi connectivity index (χ1v) is 12.5. The summed E-state index contributed by atoms with van der Waals surface area (Å²) < 4.78 is 0. The summed E-state index contributed by atoms with van der Waals surface area (Å²) in [6.07, 6.45) is 6.69. The summed E-state index contributed by atoms with van der Waals surface area (Å²) in [5.74, 6) is 0. The third-order valence-electron chi connectivity index (χ3n) is 3.63. The van der Waals surface area contributed by atoms with Crippen molar-refractivity contribution in [2.45, 2.75) is 52.9 Å². The molecule has 0 spiro atoms. The van der Waals surface area contributed by atoms with E-state index < -0.39 is 14.7 Å². The molecule has 2 rings (SSSR count). The Labute approximate surface area is 122 Å². The van der Waals surface area contributed by atoms with Gasteiger partial charge in [-0.3, -0.25) is 0 Å². The van der Waals surface area contributed by atoms with Gasteiger partial charge in [0.1, 0.15) is 0 Å². The van der Waals surface area contributed by atoms with Gasteiger partial charge in [-0.2, -0.15) is 27.8 Å². The second-order valence-corrected chi connectivity index (χ2v) is 12.2. The average Bonchev–Trinajstić information content (AvgIpc) is 2.52. The van der Waals surface area contributed by atoms with Gasteiger partial charge in [0.2, 0.25) is 0 Å². The molecule has 0 nitrogen and oxygen atoms in total. The van der Waals surface area contributed by atoms with E-state index in [9.17, 15) is 0 Å². The molecule has 96 valence electrons. The Morgan fingerprint density at radius 1 is 1.18 bits per heavy atom. The van der Waals surface area contributed by atoms with Gasteiger partial charge in [-0.05, 0) is 0 Å². The zero-order chi connectivity index (χ0) is 13.0. The van der Waals surface area contributed by atoms with Crippen molar-refractivity contribution in [3.05, 3.63) is 27.8 Å². The van der Waals surface area contributed by atoms with Crippen molar-refractivity contribution in [2.75, 3.05) is 0 Å². The predicted octanol–water partition coefficient (Wildman–Crippen LogP) is 5.53. The zero-order valence-electron chi connectivity index (χ0n) is 10.7. The number of halogens is 3. The second-order valence-electron chi connectivity index (χ2n) is 4.46. The molecular formula is C13H19Cl3Ti. The molecule has 0 saturated carbocycles. The fraction of sp³-hybridized carbons (Fsp3) is 0.615. The first kappa shape index (κ1) is 16.0. The van der Waals surface area contributed by atoms with Crippen molar-refractivity contribution in [3.8, 4) is 0 Å². The summed E-state index contributed by atoms with van der Waals surface area (Å²) >= 11 is -1.92. The third-order valence-corrected chi connectivity index (χ3v) is 3.63.